The van der Waals surface area contributed by atoms with Crippen molar-refractivity contribution in [1.29, 1.82) is 0 Å². The Kier molecular flexibility index (Phi) is 5.08. The minimum absolute atomic E-state index is 0.0355. The van der Waals surface area contributed by atoms with Gasteiger partial charge in [0.15, 0.2) is 0 Å². The monoisotopic (exact) mass is 327 g/mol. The van der Waals surface area contributed by atoms with E-state index in [4.69, 9.17) is 21.1 Å². The lowest BCUT2D eigenvalue weighted by molar-refractivity contribution is -0.0669. The van der Waals surface area contributed by atoms with Gasteiger partial charge >= 0.3 is 0 Å². The summed E-state index contributed by atoms with van der Waals surface area (Å²) in [6.07, 6.45) is 1.69. The van der Waals surface area contributed by atoms with E-state index in [0.29, 0.717) is 5.15 Å². The average Bonchev–Trinajstić information content (AvgIpc) is 2.14. The van der Waals surface area contributed by atoms with Gasteiger partial charge in [-0.3, -0.25) is 0 Å². The van der Waals surface area contributed by atoms with E-state index >= 15 is 0 Å². The van der Waals surface area contributed by atoms with Crippen LogP contribution in [-0.2, 0) is 9.47 Å². The third-order valence-corrected chi connectivity index (χ3v) is 2.86. The van der Waals surface area contributed by atoms with Crippen LogP contribution in [0.5, 0.6) is 0 Å². The van der Waals surface area contributed by atoms with Gasteiger partial charge in [-0.15, -0.1) is 0 Å². The Morgan fingerprint density at radius 3 is 2.93 bits per heavy atom. The smallest absolute Gasteiger partial charge is 0.147 e. The zero-order chi connectivity index (χ0) is 10.6. The molecule has 0 saturated carbocycles. The summed E-state index contributed by atoms with van der Waals surface area (Å²) in [5.41, 5.74) is 1.02. The molecule has 1 aromatic heterocycles. The highest BCUT2D eigenvalue weighted by molar-refractivity contribution is 14.1. The number of halogens is 2. The zero-order valence-electron chi connectivity index (χ0n) is 7.96. The van der Waals surface area contributed by atoms with Gasteiger partial charge in [-0.1, -0.05) is 11.6 Å². The summed E-state index contributed by atoms with van der Waals surface area (Å²) in [4.78, 5) is 4.01. The first-order valence-corrected chi connectivity index (χ1v) is 5.52. The van der Waals surface area contributed by atoms with E-state index < -0.39 is 0 Å². The Bertz CT molecular complexity index is 309. The van der Waals surface area contributed by atoms with Crippen molar-refractivity contribution in [2.24, 2.45) is 0 Å². The fourth-order valence-electron chi connectivity index (χ4n) is 0.977. The molecular formula is C9H11ClINO2. The van der Waals surface area contributed by atoms with Crippen molar-refractivity contribution in [1.82, 2.24) is 4.98 Å². The third kappa shape index (κ3) is 3.34. The Balaban J connectivity index is 2.74. The van der Waals surface area contributed by atoms with Gasteiger partial charge in [-0.25, -0.2) is 4.98 Å². The van der Waals surface area contributed by atoms with Crippen LogP contribution >= 0.6 is 34.2 Å². The van der Waals surface area contributed by atoms with Crippen LogP contribution in [0.4, 0.5) is 0 Å². The van der Waals surface area contributed by atoms with Crippen molar-refractivity contribution in [3.05, 3.63) is 26.5 Å². The Morgan fingerprint density at radius 2 is 2.36 bits per heavy atom. The Hall–Kier alpha value is 0.0900. The molecule has 0 bridgehead atoms. The number of hydrogen-bond acceptors (Lipinski definition) is 3. The van der Waals surface area contributed by atoms with Crippen LogP contribution in [0.25, 0.3) is 0 Å². The quantitative estimate of drug-likeness (QED) is 0.484. The van der Waals surface area contributed by atoms with Crippen LogP contribution in [0.15, 0.2) is 12.3 Å². The Labute approximate surface area is 102 Å². The molecule has 3 nitrogen and oxygen atoms in total. The fourth-order valence-corrected chi connectivity index (χ4v) is 2.19. The van der Waals surface area contributed by atoms with Gasteiger partial charge in [-0.2, -0.15) is 0 Å². The van der Waals surface area contributed by atoms with E-state index in [-0.39, 0.29) is 12.9 Å². The molecule has 0 aliphatic carbocycles. The molecule has 0 fully saturated rings. The largest absolute Gasteiger partial charge is 0.359 e. The zero-order valence-corrected chi connectivity index (χ0v) is 10.9. The molecule has 1 unspecified atom stereocenters. The minimum Gasteiger partial charge on any atom is -0.359 e. The molecule has 0 aromatic carbocycles. The van der Waals surface area contributed by atoms with Gasteiger partial charge in [0.1, 0.15) is 11.9 Å². The molecule has 1 atom stereocenters. The van der Waals surface area contributed by atoms with Gasteiger partial charge in [0.05, 0.1) is 6.10 Å². The van der Waals surface area contributed by atoms with Gasteiger partial charge in [-0.05, 0) is 35.6 Å². The first-order valence-electron chi connectivity index (χ1n) is 4.06. The highest BCUT2D eigenvalue weighted by Gasteiger charge is 2.10. The first kappa shape index (κ1) is 12.2. The van der Waals surface area contributed by atoms with Crippen LogP contribution in [0, 0.1) is 3.57 Å². The second-order valence-corrected chi connectivity index (χ2v) is 4.29. The van der Waals surface area contributed by atoms with E-state index in [9.17, 15) is 0 Å². The SMILES string of the molecule is COCOC(C)c1cnc(Cl)cc1I. The van der Waals surface area contributed by atoms with Crippen molar-refractivity contribution in [3.8, 4) is 0 Å². The molecule has 1 rings (SSSR count). The molecule has 0 radical (unpaired) electrons. The molecule has 78 valence electrons. The molecule has 0 N–H and O–H groups in total. The second-order valence-electron chi connectivity index (χ2n) is 2.74. The lowest BCUT2D eigenvalue weighted by atomic mass is 10.2. The average molecular weight is 328 g/mol. The van der Waals surface area contributed by atoms with Gasteiger partial charge in [0.25, 0.3) is 0 Å². The second kappa shape index (κ2) is 5.85. The van der Waals surface area contributed by atoms with E-state index in [2.05, 4.69) is 27.6 Å². The van der Waals surface area contributed by atoms with E-state index in [1.165, 1.54) is 0 Å². The maximum Gasteiger partial charge on any atom is 0.147 e. The summed E-state index contributed by atoms with van der Waals surface area (Å²) in [7, 11) is 1.60. The number of methoxy groups -OCH3 is 1. The summed E-state index contributed by atoms with van der Waals surface area (Å²) >= 11 is 7.95. The maximum absolute atomic E-state index is 5.74. The van der Waals surface area contributed by atoms with Gasteiger partial charge in [0.2, 0.25) is 0 Å². The molecule has 1 aromatic rings. The Morgan fingerprint density at radius 1 is 1.64 bits per heavy atom. The normalized spacial score (nSPS) is 12.9. The van der Waals surface area contributed by atoms with Crippen LogP contribution in [0.1, 0.15) is 18.6 Å². The van der Waals surface area contributed by atoms with Crippen molar-refractivity contribution in [2.45, 2.75) is 13.0 Å². The molecule has 0 aliphatic heterocycles. The van der Waals surface area contributed by atoms with Crippen molar-refractivity contribution in [2.75, 3.05) is 13.9 Å². The van der Waals surface area contributed by atoms with Crippen LogP contribution in [0.3, 0.4) is 0 Å². The van der Waals surface area contributed by atoms with Crippen molar-refractivity contribution >= 4 is 34.2 Å². The molecule has 5 heteroatoms. The van der Waals surface area contributed by atoms with Crippen LogP contribution in [-0.4, -0.2) is 18.9 Å². The summed E-state index contributed by atoms with van der Waals surface area (Å²) in [6.45, 7) is 2.23. The maximum atomic E-state index is 5.74. The molecule has 1 heterocycles. The summed E-state index contributed by atoms with van der Waals surface area (Å²) in [5.74, 6) is 0. The number of aromatic nitrogens is 1. The molecule has 0 amide bonds. The standard InChI is InChI=1S/C9H11ClINO2/c1-6(14-5-13-2)7-4-12-9(10)3-8(7)11/h3-4,6H,5H2,1-2H3. The first-order chi connectivity index (χ1) is 6.65. The highest BCUT2D eigenvalue weighted by Crippen LogP contribution is 2.23. The fraction of sp³-hybridized carbons (Fsp3) is 0.444. The predicted octanol–water partition coefficient (Wildman–Crippen LogP) is 3.02. The number of hydrogen-bond donors (Lipinski definition) is 0. The van der Waals surface area contributed by atoms with Crippen molar-refractivity contribution < 1.29 is 9.47 Å². The molecular weight excluding hydrogens is 316 g/mol. The molecule has 0 saturated heterocycles. The summed E-state index contributed by atoms with van der Waals surface area (Å²) in [6, 6.07) is 1.81. The topological polar surface area (TPSA) is 31.4 Å². The summed E-state index contributed by atoms with van der Waals surface area (Å²) in [5, 5.41) is 0.497. The van der Waals surface area contributed by atoms with E-state index in [1.54, 1.807) is 13.3 Å². The van der Waals surface area contributed by atoms with Crippen molar-refractivity contribution in [3.63, 3.8) is 0 Å². The lowest BCUT2D eigenvalue weighted by Gasteiger charge is -2.13. The van der Waals surface area contributed by atoms with Crippen LogP contribution in [0.2, 0.25) is 5.15 Å². The van der Waals surface area contributed by atoms with Gasteiger partial charge < -0.3 is 9.47 Å². The van der Waals surface area contributed by atoms with Gasteiger partial charge in [0, 0.05) is 22.4 Å². The number of nitrogens with zero attached hydrogens (tertiary/aromatic N) is 1. The van der Waals surface area contributed by atoms with E-state index in [1.807, 2.05) is 13.0 Å². The van der Waals surface area contributed by atoms with Crippen LogP contribution < -0.4 is 0 Å². The molecule has 0 spiro atoms. The molecule has 0 aliphatic rings. The number of pyridine rings is 1. The molecule has 14 heavy (non-hydrogen) atoms. The minimum atomic E-state index is -0.0355. The van der Waals surface area contributed by atoms with E-state index in [0.717, 1.165) is 9.13 Å². The lowest BCUT2D eigenvalue weighted by Crippen LogP contribution is -2.05. The number of rotatable bonds is 4. The highest BCUT2D eigenvalue weighted by atomic mass is 127. The number of ether oxygens (including phenoxy) is 2. The predicted molar refractivity (Wildman–Crippen MR) is 63.3 cm³/mol. The third-order valence-electron chi connectivity index (χ3n) is 1.72. The summed E-state index contributed by atoms with van der Waals surface area (Å²) < 4.78 is 11.3.